The monoisotopic (exact) mass is 445 g/mol. The molecule has 3 rings (SSSR count). The number of hydrogen-bond acceptors (Lipinski definition) is 5. The van der Waals surface area contributed by atoms with Gasteiger partial charge in [0.05, 0.1) is 6.54 Å². The summed E-state index contributed by atoms with van der Waals surface area (Å²) in [6, 6.07) is 8.59. The average molecular weight is 445 g/mol. The van der Waals surface area contributed by atoms with Crippen LogP contribution in [0.15, 0.2) is 45.8 Å². The van der Waals surface area contributed by atoms with Crippen LogP contribution in [0.4, 0.5) is 17.6 Å². The largest absolute Gasteiger partial charge is 0.502 e. The molecule has 1 fully saturated rings. The van der Waals surface area contributed by atoms with Crippen molar-refractivity contribution in [2.45, 2.75) is 50.9 Å². The van der Waals surface area contributed by atoms with Crippen LogP contribution < -0.4 is 5.43 Å². The molecular weight excluding hydrogens is 422 g/mol. The SMILES string of the molecule is O=C(O)C(F)(F)F.O=c1cc(CN(CCc2ccccc2F)C2CCCC2)occ1O. The van der Waals surface area contributed by atoms with Gasteiger partial charge in [-0.15, -0.1) is 0 Å². The second-order valence-electron chi connectivity index (χ2n) is 7.15. The van der Waals surface area contributed by atoms with Gasteiger partial charge < -0.3 is 14.6 Å². The molecule has 6 nitrogen and oxygen atoms in total. The van der Waals surface area contributed by atoms with Crippen LogP contribution in [0.1, 0.15) is 37.0 Å². The number of halogens is 4. The van der Waals surface area contributed by atoms with E-state index in [9.17, 15) is 27.5 Å². The van der Waals surface area contributed by atoms with E-state index in [4.69, 9.17) is 14.3 Å². The van der Waals surface area contributed by atoms with Crippen molar-refractivity contribution >= 4 is 5.97 Å². The Balaban J connectivity index is 0.000000423. The summed E-state index contributed by atoms with van der Waals surface area (Å²) in [5.41, 5.74) is 0.268. The first-order valence-corrected chi connectivity index (χ1v) is 9.66. The number of alkyl halides is 3. The van der Waals surface area contributed by atoms with Gasteiger partial charge in [0.25, 0.3) is 0 Å². The van der Waals surface area contributed by atoms with Gasteiger partial charge in [-0.2, -0.15) is 13.2 Å². The van der Waals surface area contributed by atoms with Crippen LogP contribution in [0.5, 0.6) is 5.75 Å². The summed E-state index contributed by atoms with van der Waals surface area (Å²) in [5, 5.41) is 16.4. The normalized spacial score (nSPS) is 14.4. The molecule has 2 aromatic rings. The van der Waals surface area contributed by atoms with Gasteiger partial charge in [0, 0.05) is 18.7 Å². The lowest BCUT2D eigenvalue weighted by molar-refractivity contribution is -0.192. The van der Waals surface area contributed by atoms with Crippen molar-refractivity contribution in [2.75, 3.05) is 6.54 Å². The summed E-state index contributed by atoms with van der Waals surface area (Å²) in [4.78, 5) is 22.7. The van der Waals surface area contributed by atoms with Gasteiger partial charge in [0.1, 0.15) is 17.8 Å². The molecular formula is C21H23F4NO5. The van der Waals surface area contributed by atoms with Crippen molar-refractivity contribution in [2.24, 2.45) is 0 Å². The molecule has 10 heteroatoms. The lowest BCUT2D eigenvalue weighted by atomic mass is 10.1. The van der Waals surface area contributed by atoms with Gasteiger partial charge in [0.2, 0.25) is 5.43 Å². The average Bonchev–Trinajstić information content (AvgIpc) is 3.23. The summed E-state index contributed by atoms with van der Waals surface area (Å²) in [6.45, 7) is 1.20. The Kier molecular flexibility index (Phi) is 8.61. The van der Waals surface area contributed by atoms with E-state index < -0.39 is 17.6 Å². The van der Waals surface area contributed by atoms with Gasteiger partial charge in [-0.25, -0.2) is 9.18 Å². The molecule has 0 radical (unpaired) electrons. The van der Waals surface area contributed by atoms with E-state index in [2.05, 4.69) is 4.90 Å². The van der Waals surface area contributed by atoms with Crippen LogP contribution in [0.25, 0.3) is 0 Å². The van der Waals surface area contributed by atoms with E-state index in [1.54, 1.807) is 6.07 Å². The summed E-state index contributed by atoms with van der Waals surface area (Å²) in [5.74, 6) is -2.79. The highest BCUT2D eigenvalue weighted by atomic mass is 19.4. The number of carboxylic acids is 1. The van der Waals surface area contributed by atoms with E-state index in [-0.39, 0.29) is 11.6 Å². The Morgan fingerprint density at radius 3 is 2.35 bits per heavy atom. The molecule has 0 aliphatic heterocycles. The second-order valence-corrected chi connectivity index (χ2v) is 7.15. The molecule has 31 heavy (non-hydrogen) atoms. The van der Waals surface area contributed by atoms with Crippen molar-refractivity contribution in [1.29, 1.82) is 0 Å². The van der Waals surface area contributed by atoms with E-state index in [0.29, 0.717) is 36.9 Å². The van der Waals surface area contributed by atoms with Crippen molar-refractivity contribution in [3.63, 3.8) is 0 Å². The van der Waals surface area contributed by atoms with Gasteiger partial charge in [-0.3, -0.25) is 9.69 Å². The molecule has 1 saturated carbocycles. The molecule has 0 amide bonds. The number of carbonyl (C=O) groups is 1. The Labute approximate surface area is 175 Å². The maximum absolute atomic E-state index is 13.8. The maximum atomic E-state index is 13.8. The lowest BCUT2D eigenvalue weighted by Crippen LogP contribution is -2.34. The zero-order valence-corrected chi connectivity index (χ0v) is 16.6. The van der Waals surface area contributed by atoms with Gasteiger partial charge >= 0.3 is 12.1 Å². The minimum Gasteiger partial charge on any atom is -0.502 e. The van der Waals surface area contributed by atoms with E-state index in [1.807, 2.05) is 12.1 Å². The predicted octanol–water partition coefficient (Wildman–Crippen LogP) is 4.11. The number of rotatable bonds is 6. The van der Waals surface area contributed by atoms with Gasteiger partial charge in [-0.1, -0.05) is 31.0 Å². The van der Waals surface area contributed by atoms with Crippen LogP contribution in [-0.2, 0) is 17.8 Å². The highest BCUT2D eigenvalue weighted by Crippen LogP contribution is 2.25. The molecule has 0 spiro atoms. The van der Waals surface area contributed by atoms with Crippen molar-refractivity contribution < 1.29 is 37.0 Å². The van der Waals surface area contributed by atoms with Crippen LogP contribution in [0.3, 0.4) is 0 Å². The number of aromatic hydroxyl groups is 1. The first-order chi connectivity index (χ1) is 14.6. The summed E-state index contributed by atoms with van der Waals surface area (Å²) in [7, 11) is 0. The highest BCUT2D eigenvalue weighted by Gasteiger charge is 2.38. The third-order valence-electron chi connectivity index (χ3n) is 4.94. The molecule has 0 saturated heterocycles. The third-order valence-corrected chi connectivity index (χ3v) is 4.94. The van der Waals surface area contributed by atoms with Gasteiger partial charge in [-0.05, 0) is 30.9 Å². The lowest BCUT2D eigenvalue weighted by Gasteiger charge is -2.28. The number of carboxylic acid groups (broad SMARTS) is 1. The molecule has 1 heterocycles. The molecule has 0 unspecified atom stereocenters. The number of hydrogen-bond donors (Lipinski definition) is 2. The fourth-order valence-electron chi connectivity index (χ4n) is 3.35. The molecule has 2 N–H and O–H groups in total. The fraction of sp³-hybridized carbons (Fsp3) is 0.429. The fourth-order valence-corrected chi connectivity index (χ4v) is 3.35. The van der Waals surface area contributed by atoms with E-state index in [1.165, 1.54) is 25.0 Å². The standard InChI is InChI=1S/C19H22FNO3.C2HF3O2/c20-17-8-4-1-5-14(17)9-10-21(15-6-2-3-7-15)12-16-11-18(22)19(23)13-24-16;3-2(4,5)1(6)7/h1,4-5,8,11,13,15,23H,2-3,6-7,9-10,12H2;(H,6,7). The van der Waals surface area contributed by atoms with Crippen molar-refractivity contribution in [3.8, 4) is 5.75 Å². The minimum atomic E-state index is -5.08. The first-order valence-electron chi connectivity index (χ1n) is 9.66. The molecule has 1 aromatic carbocycles. The third kappa shape index (κ3) is 7.71. The summed E-state index contributed by atoms with van der Waals surface area (Å²) >= 11 is 0. The first kappa shape index (κ1) is 24.4. The molecule has 0 atom stereocenters. The molecule has 1 aliphatic rings. The topological polar surface area (TPSA) is 91.0 Å². The molecule has 1 aromatic heterocycles. The Hall–Kier alpha value is -2.88. The summed E-state index contributed by atoms with van der Waals surface area (Å²) in [6.07, 6.45) is 1.23. The predicted molar refractivity (Wildman–Crippen MR) is 103 cm³/mol. The Morgan fingerprint density at radius 2 is 1.81 bits per heavy atom. The van der Waals surface area contributed by atoms with E-state index in [0.717, 1.165) is 19.1 Å². The zero-order chi connectivity index (χ0) is 23.0. The van der Waals surface area contributed by atoms with Gasteiger partial charge in [0.15, 0.2) is 5.75 Å². The number of nitrogens with zero attached hydrogens (tertiary/aromatic N) is 1. The number of benzene rings is 1. The van der Waals surface area contributed by atoms with Crippen LogP contribution >= 0.6 is 0 Å². The summed E-state index contributed by atoms with van der Waals surface area (Å²) < 4.78 is 50.9. The molecule has 170 valence electrons. The number of aliphatic carboxylic acids is 1. The van der Waals surface area contributed by atoms with E-state index >= 15 is 0 Å². The molecule has 1 aliphatic carbocycles. The quantitative estimate of drug-likeness (QED) is 0.651. The highest BCUT2D eigenvalue weighted by molar-refractivity contribution is 5.73. The Bertz CT molecular complexity index is 922. The Morgan fingerprint density at radius 1 is 1.19 bits per heavy atom. The molecule has 0 bridgehead atoms. The second kappa shape index (κ2) is 10.9. The van der Waals surface area contributed by atoms with Crippen molar-refractivity contribution in [3.05, 3.63) is 64.0 Å². The maximum Gasteiger partial charge on any atom is 0.490 e. The van der Waals surface area contributed by atoms with Crippen LogP contribution in [0, 0.1) is 5.82 Å². The van der Waals surface area contributed by atoms with Crippen LogP contribution in [-0.4, -0.2) is 39.8 Å². The van der Waals surface area contributed by atoms with Crippen LogP contribution in [0.2, 0.25) is 0 Å². The minimum absolute atomic E-state index is 0.181. The zero-order valence-electron chi connectivity index (χ0n) is 16.6. The van der Waals surface area contributed by atoms with Crippen molar-refractivity contribution in [1.82, 2.24) is 4.90 Å². The smallest absolute Gasteiger partial charge is 0.490 e.